The smallest absolute Gasteiger partial charge is 0.135 e. The van der Waals surface area contributed by atoms with Gasteiger partial charge in [-0.1, -0.05) is 54.6 Å². The monoisotopic (exact) mass is 441 g/mol. The van der Waals surface area contributed by atoms with E-state index in [-0.39, 0.29) is 24.8 Å². The number of aromatic nitrogens is 2. The van der Waals surface area contributed by atoms with Crippen LogP contribution < -0.4 is 41.6 Å². The molecule has 30 heavy (non-hydrogen) atoms. The van der Waals surface area contributed by atoms with E-state index in [0.29, 0.717) is 0 Å². The molecule has 0 aliphatic carbocycles. The number of quaternary nitrogens is 2. The van der Waals surface area contributed by atoms with Gasteiger partial charge in [0.25, 0.3) is 0 Å². The fraction of sp³-hybridized carbons (Fsp3) is 0.130. The van der Waals surface area contributed by atoms with Crippen molar-refractivity contribution in [3.05, 3.63) is 78.5 Å². The molecule has 0 atom stereocenters. The lowest BCUT2D eigenvalue weighted by atomic mass is 9.97. The molecule has 0 unspecified atom stereocenters. The van der Waals surface area contributed by atoms with E-state index in [0.717, 1.165) is 58.7 Å². The highest BCUT2D eigenvalue weighted by molar-refractivity contribution is 5.96. The van der Waals surface area contributed by atoms with Crippen molar-refractivity contribution in [2.45, 2.75) is 6.54 Å². The maximum Gasteiger partial charge on any atom is 0.135 e. The Morgan fingerprint density at radius 3 is 2.23 bits per heavy atom. The van der Waals surface area contributed by atoms with Crippen LogP contribution in [0.15, 0.2) is 72.9 Å². The molecule has 0 aliphatic rings. The van der Waals surface area contributed by atoms with Gasteiger partial charge in [0.2, 0.25) is 0 Å². The number of hydrogen-bond acceptors (Lipinski definition) is 3. The summed E-state index contributed by atoms with van der Waals surface area (Å²) in [5.74, 6) is 0.852. The molecule has 0 fully saturated rings. The number of fused-ring (bicyclic) bond motifs is 1. The lowest BCUT2D eigenvalue weighted by molar-refractivity contribution is -0.386. The fourth-order valence-electron chi connectivity index (χ4n) is 3.33. The Labute approximate surface area is 188 Å². The van der Waals surface area contributed by atoms with E-state index in [4.69, 9.17) is 4.98 Å². The molecule has 2 heterocycles. The molecule has 0 aliphatic heterocycles. The summed E-state index contributed by atoms with van der Waals surface area (Å²) in [5.41, 5.74) is 14.3. The van der Waals surface area contributed by atoms with Crippen LogP contribution in [-0.2, 0) is 6.54 Å². The zero-order chi connectivity index (χ0) is 19.3. The molecule has 0 radical (unpaired) electrons. The van der Waals surface area contributed by atoms with Crippen molar-refractivity contribution in [1.29, 1.82) is 0 Å². The minimum Gasteiger partial charge on any atom is -1.00 e. The van der Waals surface area contributed by atoms with E-state index in [1.165, 1.54) is 5.56 Å². The Bertz CT molecular complexity index is 1090. The fourth-order valence-corrected chi connectivity index (χ4v) is 3.33. The highest BCUT2D eigenvalue weighted by atomic mass is 35.5. The Hall–Kier alpha value is -2.70. The molecule has 0 bridgehead atoms. The first-order chi connectivity index (χ1) is 13.8. The van der Waals surface area contributed by atoms with Gasteiger partial charge in [0.05, 0.1) is 30.8 Å². The largest absolute Gasteiger partial charge is 1.00 e. The molecule has 5 nitrogen and oxygen atoms in total. The van der Waals surface area contributed by atoms with Gasteiger partial charge in [-0.05, 0) is 17.7 Å². The van der Waals surface area contributed by atoms with E-state index < -0.39 is 0 Å². The zero-order valence-corrected chi connectivity index (χ0v) is 18.1. The van der Waals surface area contributed by atoms with Crippen LogP contribution in [0.5, 0.6) is 0 Å². The second kappa shape index (κ2) is 10.9. The van der Waals surface area contributed by atoms with Gasteiger partial charge >= 0.3 is 0 Å². The number of rotatable bonds is 6. The van der Waals surface area contributed by atoms with Crippen LogP contribution >= 0.6 is 0 Å². The topological polar surface area (TPSA) is 93.1 Å². The summed E-state index contributed by atoms with van der Waals surface area (Å²) in [4.78, 5) is 9.55. The van der Waals surface area contributed by atoms with Crippen molar-refractivity contribution >= 4 is 16.7 Å². The molecule has 7 N–H and O–H groups in total. The lowest BCUT2D eigenvalue weighted by Crippen LogP contribution is -3.00. The first kappa shape index (κ1) is 23.6. The molecule has 156 valence electrons. The SMILES string of the molecule is [Cl-].[Cl-].[NH3+]CCNc1nccc2nc(-c3ccc(C[NH3+])cc3)c(-c3ccccc3)cc12. The van der Waals surface area contributed by atoms with Crippen molar-refractivity contribution in [2.24, 2.45) is 0 Å². The first-order valence-electron chi connectivity index (χ1n) is 9.57. The number of anilines is 1. The van der Waals surface area contributed by atoms with Crippen LogP contribution in [-0.4, -0.2) is 23.1 Å². The van der Waals surface area contributed by atoms with Gasteiger partial charge in [-0.25, -0.2) is 9.97 Å². The van der Waals surface area contributed by atoms with Gasteiger partial charge < -0.3 is 41.6 Å². The normalized spacial score (nSPS) is 10.2. The molecule has 7 heteroatoms. The number of nitrogens with zero attached hydrogens (tertiary/aromatic N) is 2. The molecule has 2 aromatic heterocycles. The predicted octanol–water partition coefficient (Wildman–Crippen LogP) is -3.63. The molecule has 2 aromatic carbocycles. The summed E-state index contributed by atoms with van der Waals surface area (Å²) in [6.45, 7) is 2.36. The highest BCUT2D eigenvalue weighted by Crippen LogP contribution is 2.35. The van der Waals surface area contributed by atoms with E-state index in [1.807, 2.05) is 12.1 Å². The molecule has 4 aromatic rings. The van der Waals surface area contributed by atoms with Gasteiger partial charge in [-0.2, -0.15) is 0 Å². The van der Waals surface area contributed by atoms with Crippen LogP contribution in [0, 0.1) is 0 Å². The Kier molecular flexibility index (Phi) is 8.57. The maximum atomic E-state index is 5.03. The third-order valence-corrected chi connectivity index (χ3v) is 4.81. The van der Waals surface area contributed by atoms with E-state index in [1.54, 1.807) is 6.20 Å². The van der Waals surface area contributed by atoms with Crippen LogP contribution in [0.3, 0.4) is 0 Å². The second-order valence-corrected chi connectivity index (χ2v) is 6.70. The molecular formula is C23H25Cl2N5. The molecule has 0 amide bonds. The zero-order valence-electron chi connectivity index (χ0n) is 16.6. The Morgan fingerprint density at radius 1 is 0.833 bits per heavy atom. The van der Waals surface area contributed by atoms with Crippen LogP contribution in [0.1, 0.15) is 5.56 Å². The number of nitrogens with one attached hydrogen (secondary N) is 1. The lowest BCUT2D eigenvalue weighted by Gasteiger charge is -2.14. The van der Waals surface area contributed by atoms with Crippen LogP contribution in [0.4, 0.5) is 5.82 Å². The summed E-state index contributed by atoms with van der Waals surface area (Å²) in [6, 6.07) is 23.0. The maximum absolute atomic E-state index is 5.03. The molecule has 0 saturated carbocycles. The standard InChI is InChI=1S/C23H23N5.2ClH/c24-11-13-27-23-20-14-19(17-4-2-1-3-5-17)22(28-21(20)10-12-26-23)18-8-6-16(15-25)7-9-18;;/h1-10,12,14H,11,13,15,24-25H2,(H,26,27);2*1H. The summed E-state index contributed by atoms with van der Waals surface area (Å²) >= 11 is 0. The van der Waals surface area contributed by atoms with Gasteiger partial charge in [0, 0.05) is 28.3 Å². The van der Waals surface area contributed by atoms with E-state index in [2.05, 4.69) is 76.4 Å². The van der Waals surface area contributed by atoms with E-state index >= 15 is 0 Å². The third kappa shape index (κ3) is 4.89. The summed E-state index contributed by atoms with van der Waals surface area (Å²) in [5, 5.41) is 4.39. The minimum absolute atomic E-state index is 0. The highest BCUT2D eigenvalue weighted by Gasteiger charge is 2.14. The number of hydrogen-bond donors (Lipinski definition) is 3. The summed E-state index contributed by atoms with van der Waals surface area (Å²) in [6.07, 6.45) is 1.80. The van der Waals surface area contributed by atoms with Gasteiger partial charge in [0.15, 0.2) is 0 Å². The third-order valence-electron chi connectivity index (χ3n) is 4.81. The Balaban J connectivity index is 0.00000160. The molecule has 4 rings (SSSR count). The van der Waals surface area contributed by atoms with Crippen molar-refractivity contribution in [1.82, 2.24) is 9.97 Å². The molecular weight excluding hydrogens is 417 g/mol. The summed E-state index contributed by atoms with van der Waals surface area (Å²) in [7, 11) is 0. The average Bonchev–Trinajstić information content (AvgIpc) is 2.77. The van der Waals surface area contributed by atoms with Crippen LogP contribution in [0.2, 0.25) is 0 Å². The van der Waals surface area contributed by atoms with Gasteiger partial charge in [0.1, 0.15) is 5.82 Å². The Morgan fingerprint density at radius 2 is 1.57 bits per heavy atom. The van der Waals surface area contributed by atoms with Crippen LogP contribution in [0.25, 0.3) is 33.3 Å². The predicted molar refractivity (Wildman–Crippen MR) is 113 cm³/mol. The number of benzene rings is 2. The molecule has 0 saturated heterocycles. The number of pyridine rings is 2. The van der Waals surface area contributed by atoms with Crippen molar-refractivity contribution in [2.75, 3.05) is 18.4 Å². The quantitative estimate of drug-likeness (QED) is 0.288. The van der Waals surface area contributed by atoms with Crippen molar-refractivity contribution in [3.63, 3.8) is 0 Å². The number of halogens is 2. The van der Waals surface area contributed by atoms with Crippen molar-refractivity contribution in [3.8, 4) is 22.4 Å². The van der Waals surface area contributed by atoms with E-state index in [9.17, 15) is 0 Å². The van der Waals surface area contributed by atoms with Gasteiger partial charge in [-0.3, -0.25) is 0 Å². The van der Waals surface area contributed by atoms with Crippen molar-refractivity contribution < 1.29 is 36.3 Å². The van der Waals surface area contributed by atoms with Gasteiger partial charge in [-0.15, -0.1) is 0 Å². The second-order valence-electron chi connectivity index (χ2n) is 6.70. The minimum atomic E-state index is 0. The average molecular weight is 442 g/mol. The molecule has 0 spiro atoms. The first-order valence-corrected chi connectivity index (χ1v) is 9.57. The summed E-state index contributed by atoms with van der Waals surface area (Å²) < 4.78 is 0.